The highest BCUT2D eigenvalue weighted by molar-refractivity contribution is 6.46. The predicted molar refractivity (Wildman–Crippen MR) is 73.8 cm³/mol. The zero-order valence-corrected chi connectivity index (χ0v) is 11.6. The maximum absolute atomic E-state index is 12.5. The van der Waals surface area contributed by atoms with Gasteiger partial charge in [-0.25, -0.2) is 9.69 Å². The van der Waals surface area contributed by atoms with E-state index in [2.05, 4.69) is 15.3 Å². The van der Waals surface area contributed by atoms with Crippen LogP contribution in [0.4, 0.5) is 5.69 Å². The summed E-state index contributed by atoms with van der Waals surface area (Å²) in [6.07, 6.45) is 0. The number of hydrogen-bond acceptors (Lipinski definition) is 6. The Morgan fingerprint density at radius 1 is 1.29 bits per heavy atom. The van der Waals surface area contributed by atoms with E-state index in [1.54, 1.807) is 24.3 Å². The van der Waals surface area contributed by atoms with Gasteiger partial charge in [0.25, 0.3) is 5.91 Å². The van der Waals surface area contributed by atoms with Crippen LogP contribution in [0, 0.1) is 5.92 Å². The molecule has 0 aliphatic carbocycles. The summed E-state index contributed by atoms with van der Waals surface area (Å²) in [6.45, 7) is 0. The molecule has 8 heteroatoms. The van der Waals surface area contributed by atoms with Crippen LogP contribution in [0.3, 0.4) is 0 Å². The summed E-state index contributed by atoms with van der Waals surface area (Å²) >= 11 is 5.79. The highest BCUT2D eigenvalue weighted by Gasteiger charge is 2.55. The van der Waals surface area contributed by atoms with Gasteiger partial charge in [0.2, 0.25) is 5.91 Å². The number of ether oxygens (including phenoxy) is 1. The molecule has 2 aliphatic heterocycles. The minimum Gasteiger partial charge on any atom is -0.464 e. The summed E-state index contributed by atoms with van der Waals surface area (Å²) < 4.78 is 4.57. The van der Waals surface area contributed by atoms with Crippen molar-refractivity contribution in [3.05, 3.63) is 29.3 Å². The lowest BCUT2D eigenvalue weighted by molar-refractivity contribution is -0.133. The minimum absolute atomic E-state index is 0.0858. The predicted octanol–water partition coefficient (Wildman–Crippen LogP) is 0.330. The van der Waals surface area contributed by atoms with E-state index in [9.17, 15) is 14.4 Å². The van der Waals surface area contributed by atoms with Gasteiger partial charge >= 0.3 is 5.97 Å². The Morgan fingerprint density at radius 2 is 1.95 bits per heavy atom. The number of hydrogen-bond donors (Lipinski definition) is 1. The number of halogens is 1. The van der Waals surface area contributed by atoms with Crippen molar-refractivity contribution in [3.63, 3.8) is 0 Å². The van der Waals surface area contributed by atoms with Crippen molar-refractivity contribution in [1.82, 2.24) is 5.43 Å². The first-order chi connectivity index (χ1) is 10.0. The van der Waals surface area contributed by atoms with Crippen molar-refractivity contribution in [2.24, 2.45) is 11.0 Å². The van der Waals surface area contributed by atoms with Gasteiger partial charge in [-0.3, -0.25) is 15.0 Å². The molecule has 7 nitrogen and oxygen atoms in total. The Labute approximate surface area is 124 Å². The van der Waals surface area contributed by atoms with Crippen LogP contribution in [0.5, 0.6) is 0 Å². The van der Waals surface area contributed by atoms with Crippen LogP contribution >= 0.6 is 11.6 Å². The van der Waals surface area contributed by atoms with Crippen LogP contribution < -0.4 is 10.3 Å². The van der Waals surface area contributed by atoms with Crippen molar-refractivity contribution in [1.29, 1.82) is 0 Å². The van der Waals surface area contributed by atoms with Gasteiger partial charge in [-0.1, -0.05) is 11.6 Å². The molecule has 1 fully saturated rings. The number of nitrogens with zero attached hydrogens (tertiary/aromatic N) is 2. The fraction of sp³-hybridized carbons (Fsp3) is 0.231. The zero-order valence-electron chi connectivity index (χ0n) is 10.9. The van der Waals surface area contributed by atoms with Crippen LogP contribution in [0.2, 0.25) is 5.02 Å². The Hall–Kier alpha value is -2.41. The third kappa shape index (κ3) is 1.97. The van der Waals surface area contributed by atoms with Crippen molar-refractivity contribution >= 4 is 40.8 Å². The first-order valence-corrected chi connectivity index (χ1v) is 6.47. The van der Waals surface area contributed by atoms with Gasteiger partial charge in [-0.2, -0.15) is 5.10 Å². The molecule has 0 unspecified atom stereocenters. The molecule has 21 heavy (non-hydrogen) atoms. The summed E-state index contributed by atoms with van der Waals surface area (Å²) in [5, 5.41) is 4.23. The number of anilines is 1. The topological polar surface area (TPSA) is 88.1 Å². The van der Waals surface area contributed by atoms with Gasteiger partial charge < -0.3 is 4.74 Å². The first kappa shape index (κ1) is 13.6. The maximum atomic E-state index is 12.5. The Balaban J connectivity index is 1.95. The quantitative estimate of drug-likeness (QED) is 0.628. The first-order valence-electron chi connectivity index (χ1n) is 6.09. The molecule has 2 atom stereocenters. The molecule has 2 aliphatic rings. The Bertz CT molecular complexity index is 670. The number of fused-ring (bicyclic) bond motifs is 1. The summed E-state index contributed by atoms with van der Waals surface area (Å²) in [5.74, 6) is -2.66. The smallest absolute Gasteiger partial charge is 0.355 e. The van der Waals surface area contributed by atoms with Crippen molar-refractivity contribution < 1.29 is 19.1 Å². The summed E-state index contributed by atoms with van der Waals surface area (Å²) in [4.78, 5) is 37.4. The third-order valence-electron chi connectivity index (χ3n) is 3.40. The lowest BCUT2D eigenvalue weighted by Crippen LogP contribution is -2.36. The average molecular weight is 308 g/mol. The van der Waals surface area contributed by atoms with Crippen molar-refractivity contribution in [3.8, 4) is 0 Å². The number of rotatable bonds is 2. The number of amides is 2. The van der Waals surface area contributed by atoms with Gasteiger partial charge in [-0.15, -0.1) is 0 Å². The SMILES string of the molecule is COC(=O)C1=NN[C@H]2C(=O)N(c3ccc(Cl)cc3)C(=O)[C@H]12. The minimum atomic E-state index is -0.958. The number of nitrogens with one attached hydrogen (secondary N) is 1. The summed E-state index contributed by atoms with van der Waals surface area (Å²) in [7, 11) is 1.19. The van der Waals surface area contributed by atoms with Crippen LogP contribution in [0.15, 0.2) is 29.4 Å². The van der Waals surface area contributed by atoms with E-state index in [4.69, 9.17) is 11.6 Å². The molecule has 3 rings (SSSR count). The molecule has 108 valence electrons. The molecule has 0 saturated carbocycles. The molecule has 0 aromatic heterocycles. The van der Waals surface area contributed by atoms with Crippen LogP contribution in [-0.4, -0.2) is 36.6 Å². The van der Waals surface area contributed by atoms with Gasteiger partial charge in [0.15, 0.2) is 5.71 Å². The molecule has 1 saturated heterocycles. The second-order valence-corrected chi connectivity index (χ2v) is 5.00. The fourth-order valence-corrected chi connectivity index (χ4v) is 2.53. The van der Waals surface area contributed by atoms with E-state index in [0.29, 0.717) is 10.7 Å². The average Bonchev–Trinajstić information content (AvgIpc) is 3.01. The number of carbonyl (C=O) groups excluding carboxylic acids is 3. The molecule has 1 aromatic rings. The number of methoxy groups -OCH3 is 1. The maximum Gasteiger partial charge on any atom is 0.355 e. The van der Waals surface area contributed by atoms with E-state index >= 15 is 0 Å². The van der Waals surface area contributed by atoms with Gasteiger partial charge in [0.05, 0.1) is 12.8 Å². The molecular formula is C13H10ClN3O4. The third-order valence-corrected chi connectivity index (χ3v) is 3.66. The van der Waals surface area contributed by atoms with Crippen LogP contribution in [0.1, 0.15) is 0 Å². The number of esters is 1. The summed E-state index contributed by atoms with van der Waals surface area (Å²) in [6, 6.07) is 5.41. The van der Waals surface area contributed by atoms with Crippen molar-refractivity contribution in [2.75, 3.05) is 12.0 Å². The molecule has 0 spiro atoms. The van der Waals surface area contributed by atoms with Gasteiger partial charge in [-0.05, 0) is 24.3 Å². The Morgan fingerprint density at radius 3 is 2.57 bits per heavy atom. The standard InChI is InChI=1S/C13H10ClN3O4/c1-21-13(20)10-8-9(15-16-10)12(19)17(11(8)18)7-4-2-6(14)3-5-7/h2-5,8-9,15H,1H3/t8-,9+/m0/s1. The second-order valence-electron chi connectivity index (χ2n) is 4.56. The van der Waals surface area contributed by atoms with E-state index in [1.165, 1.54) is 7.11 Å². The lowest BCUT2D eigenvalue weighted by atomic mass is 9.99. The highest BCUT2D eigenvalue weighted by Crippen LogP contribution is 2.31. The molecule has 2 heterocycles. The number of imide groups is 1. The number of benzene rings is 1. The number of carbonyl (C=O) groups is 3. The largest absolute Gasteiger partial charge is 0.464 e. The van der Waals surface area contributed by atoms with Gasteiger partial charge in [0.1, 0.15) is 12.0 Å². The van der Waals surface area contributed by atoms with E-state index in [-0.39, 0.29) is 5.71 Å². The highest BCUT2D eigenvalue weighted by atomic mass is 35.5. The van der Waals surface area contributed by atoms with Gasteiger partial charge in [0, 0.05) is 5.02 Å². The van der Waals surface area contributed by atoms with E-state index in [1.807, 2.05) is 0 Å². The monoisotopic (exact) mass is 307 g/mol. The van der Waals surface area contributed by atoms with E-state index < -0.39 is 29.7 Å². The molecule has 1 N–H and O–H groups in total. The van der Waals surface area contributed by atoms with E-state index in [0.717, 1.165) is 4.90 Å². The summed E-state index contributed by atoms with van der Waals surface area (Å²) in [5.41, 5.74) is 2.84. The molecule has 0 radical (unpaired) electrons. The van der Waals surface area contributed by atoms with Crippen LogP contribution in [0.25, 0.3) is 0 Å². The zero-order chi connectivity index (χ0) is 15.1. The fourth-order valence-electron chi connectivity index (χ4n) is 2.41. The Kier molecular flexibility index (Phi) is 3.13. The molecule has 0 bridgehead atoms. The molecule has 2 amide bonds. The van der Waals surface area contributed by atoms with Crippen molar-refractivity contribution in [2.45, 2.75) is 6.04 Å². The van der Waals surface area contributed by atoms with Crippen LogP contribution in [-0.2, 0) is 19.1 Å². The molecular weight excluding hydrogens is 298 g/mol. The second kappa shape index (κ2) is 4.85. The number of hydrazone groups is 1. The normalized spacial score (nSPS) is 23.7. The molecule has 1 aromatic carbocycles. The lowest BCUT2D eigenvalue weighted by Gasteiger charge is -2.15.